The minimum atomic E-state index is -0.143. The van der Waals surface area contributed by atoms with E-state index in [1.807, 2.05) is 33.0 Å². The van der Waals surface area contributed by atoms with Crippen molar-refractivity contribution in [3.8, 4) is 0 Å². The van der Waals surface area contributed by atoms with Gasteiger partial charge in [0.15, 0.2) is 0 Å². The Labute approximate surface area is 116 Å². The second kappa shape index (κ2) is 7.29. The third-order valence-corrected chi connectivity index (χ3v) is 3.39. The molecule has 0 amide bonds. The molecule has 1 N–H and O–H groups in total. The van der Waals surface area contributed by atoms with Gasteiger partial charge in [-0.25, -0.2) is 4.39 Å². The van der Waals surface area contributed by atoms with Crippen LogP contribution >= 0.6 is 0 Å². The van der Waals surface area contributed by atoms with Crippen LogP contribution in [0.5, 0.6) is 0 Å². The van der Waals surface area contributed by atoms with Crippen molar-refractivity contribution in [2.45, 2.75) is 33.2 Å². The first-order valence-corrected chi connectivity index (χ1v) is 6.88. The summed E-state index contributed by atoms with van der Waals surface area (Å²) in [4.78, 5) is 2.25. The summed E-state index contributed by atoms with van der Waals surface area (Å²) in [5.41, 5.74) is 2.79. The van der Waals surface area contributed by atoms with Gasteiger partial charge in [-0.05, 0) is 50.6 Å². The Morgan fingerprint density at radius 3 is 2.68 bits per heavy atom. The molecular weight excluding hydrogens is 239 g/mol. The predicted octanol–water partition coefficient (Wildman–Crippen LogP) is 3.82. The Balaban J connectivity index is 3.27. The molecule has 19 heavy (non-hydrogen) atoms. The van der Waals surface area contributed by atoms with Gasteiger partial charge < -0.3 is 10.2 Å². The molecule has 1 atom stereocenters. The van der Waals surface area contributed by atoms with E-state index in [1.165, 1.54) is 0 Å². The number of anilines is 1. The van der Waals surface area contributed by atoms with Crippen LogP contribution in [0.3, 0.4) is 0 Å². The number of rotatable bonds is 7. The molecule has 0 aliphatic carbocycles. The van der Waals surface area contributed by atoms with Crippen LogP contribution in [0, 0.1) is 12.7 Å². The van der Waals surface area contributed by atoms with Crippen LogP contribution in [0.15, 0.2) is 24.8 Å². The lowest BCUT2D eigenvalue weighted by molar-refractivity contribution is 0.599. The molecule has 106 valence electrons. The third-order valence-electron chi connectivity index (χ3n) is 3.39. The molecule has 1 unspecified atom stereocenters. The monoisotopic (exact) mass is 264 g/mol. The van der Waals surface area contributed by atoms with Crippen LogP contribution in [0.25, 0.3) is 0 Å². The first kappa shape index (κ1) is 15.7. The minimum Gasteiger partial charge on any atom is -0.368 e. The SMILES string of the molecule is C=CCN(CCC)c1cc(C)c(F)cc1C(C)NC. The van der Waals surface area contributed by atoms with Crippen molar-refractivity contribution in [3.63, 3.8) is 0 Å². The van der Waals surface area contributed by atoms with Crippen molar-refractivity contribution in [1.29, 1.82) is 0 Å². The molecule has 0 aliphatic rings. The normalized spacial score (nSPS) is 12.3. The summed E-state index contributed by atoms with van der Waals surface area (Å²) in [6.07, 6.45) is 2.94. The molecule has 0 radical (unpaired) electrons. The number of halogens is 1. The third kappa shape index (κ3) is 3.80. The van der Waals surface area contributed by atoms with Crippen molar-refractivity contribution in [3.05, 3.63) is 41.7 Å². The second-order valence-electron chi connectivity index (χ2n) is 4.91. The smallest absolute Gasteiger partial charge is 0.126 e. The summed E-state index contributed by atoms with van der Waals surface area (Å²) in [6.45, 7) is 11.5. The van der Waals surface area contributed by atoms with Crippen molar-refractivity contribution in [1.82, 2.24) is 5.32 Å². The van der Waals surface area contributed by atoms with Crippen LogP contribution in [0.1, 0.15) is 37.4 Å². The van der Waals surface area contributed by atoms with Crippen LogP contribution in [-0.2, 0) is 0 Å². The Morgan fingerprint density at radius 2 is 2.16 bits per heavy atom. The molecule has 1 aromatic rings. The van der Waals surface area contributed by atoms with Crippen LogP contribution in [-0.4, -0.2) is 20.1 Å². The maximum Gasteiger partial charge on any atom is 0.126 e. The van der Waals surface area contributed by atoms with Gasteiger partial charge in [0.05, 0.1) is 0 Å². The number of hydrogen-bond acceptors (Lipinski definition) is 2. The summed E-state index contributed by atoms with van der Waals surface area (Å²) < 4.78 is 13.8. The quantitative estimate of drug-likeness (QED) is 0.753. The van der Waals surface area contributed by atoms with Crippen molar-refractivity contribution >= 4 is 5.69 Å². The van der Waals surface area contributed by atoms with E-state index in [4.69, 9.17) is 0 Å². The minimum absolute atomic E-state index is 0.120. The molecule has 0 fully saturated rings. The maximum atomic E-state index is 13.8. The Bertz CT molecular complexity index is 429. The van der Waals surface area contributed by atoms with Crippen molar-refractivity contribution < 1.29 is 4.39 Å². The van der Waals surface area contributed by atoms with Gasteiger partial charge >= 0.3 is 0 Å². The molecule has 1 rings (SSSR count). The zero-order chi connectivity index (χ0) is 14.4. The van der Waals surface area contributed by atoms with Gasteiger partial charge in [0.25, 0.3) is 0 Å². The lowest BCUT2D eigenvalue weighted by Crippen LogP contribution is -2.27. The van der Waals surface area contributed by atoms with Gasteiger partial charge in [-0.15, -0.1) is 6.58 Å². The van der Waals surface area contributed by atoms with E-state index in [0.717, 1.165) is 30.8 Å². The van der Waals surface area contributed by atoms with Gasteiger partial charge in [-0.2, -0.15) is 0 Å². The Morgan fingerprint density at radius 1 is 1.47 bits per heavy atom. The number of nitrogens with one attached hydrogen (secondary N) is 1. The highest BCUT2D eigenvalue weighted by molar-refractivity contribution is 5.57. The average Bonchev–Trinajstić information content (AvgIpc) is 2.40. The molecule has 0 bridgehead atoms. The lowest BCUT2D eigenvalue weighted by atomic mass is 10.0. The van der Waals surface area contributed by atoms with E-state index in [0.29, 0.717) is 5.56 Å². The highest BCUT2D eigenvalue weighted by Gasteiger charge is 2.16. The van der Waals surface area contributed by atoms with E-state index < -0.39 is 0 Å². The Hall–Kier alpha value is -1.35. The first-order chi connectivity index (χ1) is 9.04. The first-order valence-electron chi connectivity index (χ1n) is 6.88. The van der Waals surface area contributed by atoms with Gasteiger partial charge in [-0.1, -0.05) is 13.0 Å². The average molecular weight is 264 g/mol. The highest BCUT2D eigenvalue weighted by Crippen LogP contribution is 2.29. The molecule has 0 saturated heterocycles. The molecule has 3 heteroatoms. The largest absolute Gasteiger partial charge is 0.368 e. The molecule has 1 aromatic carbocycles. The highest BCUT2D eigenvalue weighted by atomic mass is 19.1. The van der Waals surface area contributed by atoms with Gasteiger partial charge in [0.2, 0.25) is 0 Å². The molecule has 0 aromatic heterocycles. The predicted molar refractivity (Wildman–Crippen MR) is 81.3 cm³/mol. The fraction of sp³-hybridized carbons (Fsp3) is 0.500. The van der Waals surface area contributed by atoms with E-state index in [9.17, 15) is 4.39 Å². The summed E-state index contributed by atoms with van der Waals surface area (Å²) in [5.74, 6) is -0.143. The number of hydrogen-bond donors (Lipinski definition) is 1. The Kier molecular flexibility index (Phi) is 6.03. The summed E-state index contributed by atoms with van der Waals surface area (Å²) in [7, 11) is 1.89. The molecule has 0 aliphatic heterocycles. The van der Waals surface area contributed by atoms with Crippen LogP contribution < -0.4 is 10.2 Å². The zero-order valence-corrected chi connectivity index (χ0v) is 12.5. The summed E-state index contributed by atoms with van der Waals surface area (Å²) in [6, 6.07) is 3.71. The summed E-state index contributed by atoms with van der Waals surface area (Å²) in [5, 5.41) is 3.19. The van der Waals surface area contributed by atoms with Crippen molar-refractivity contribution in [2.24, 2.45) is 0 Å². The van der Waals surface area contributed by atoms with E-state index in [2.05, 4.69) is 23.7 Å². The number of benzene rings is 1. The number of aryl methyl sites for hydroxylation is 1. The topological polar surface area (TPSA) is 15.3 Å². The second-order valence-corrected chi connectivity index (χ2v) is 4.91. The van der Waals surface area contributed by atoms with E-state index in [1.54, 1.807) is 6.07 Å². The maximum absolute atomic E-state index is 13.8. The van der Waals surface area contributed by atoms with Gasteiger partial charge in [0, 0.05) is 24.8 Å². The van der Waals surface area contributed by atoms with Gasteiger partial charge in [0.1, 0.15) is 5.82 Å². The number of nitrogens with zero attached hydrogens (tertiary/aromatic N) is 1. The molecular formula is C16H25FN2. The van der Waals surface area contributed by atoms with Gasteiger partial charge in [-0.3, -0.25) is 0 Å². The molecule has 0 heterocycles. The van der Waals surface area contributed by atoms with E-state index in [-0.39, 0.29) is 11.9 Å². The lowest BCUT2D eigenvalue weighted by Gasteiger charge is -2.28. The molecule has 0 saturated carbocycles. The molecule has 2 nitrogen and oxygen atoms in total. The standard InChI is InChI=1S/C16H25FN2/c1-6-8-19(9-7-2)16-10-12(3)15(17)11-14(16)13(4)18-5/h6,10-11,13,18H,1,7-9H2,2-5H3. The zero-order valence-electron chi connectivity index (χ0n) is 12.5. The van der Waals surface area contributed by atoms with Crippen molar-refractivity contribution in [2.75, 3.05) is 25.0 Å². The van der Waals surface area contributed by atoms with Crippen LogP contribution in [0.4, 0.5) is 10.1 Å². The fourth-order valence-electron chi connectivity index (χ4n) is 2.19. The summed E-state index contributed by atoms with van der Waals surface area (Å²) >= 11 is 0. The van der Waals surface area contributed by atoms with Crippen LogP contribution in [0.2, 0.25) is 0 Å². The van der Waals surface area contributed by atoms with E-state index >= 15 is 0 Å². The fourth-order valence-corrected chi connectivity index (χ4v) is 2.19. The molecule has 0 spiro atoms.